The van der Waals surface area contributed by atoms with E-state index in [1.165, 1.54) is 7.11 Å². The molecule has 1 rings (SSSR count). The smallest absolute Gasteiger partial charge is 0.326 e. The minimum Gasteiger partial charge on any atom is -0.495 e. The van der Waals surface area contributed by atoms with Crippen LogP contribution in [0.2, 0.25) is 0 Å². The Balaban J connectivity index is 2.76. The van der Waals surface area contributed by atoms with Crippen LogP contribution in [0.5, 0.6) is 5.75 Å². The van der Waals surface area contributed by atoms with Crippen LogP contribution in [0.1, 0.15) is 13.3 Å². The Hall–Kier alpha value is -1.76. The number of nitrogens with one attached hydrogen (secondary N) is 2. The summed E-state index contributed by atoms with van der Waals surface area (Å²) in [6.45, 7) is 1.68. The summed E-state index contributed by atoms with van der Waals surface area (Å²) in [5.41, 5.74) is 0.453. The van der Waals surface area contributed by atoms with Crippen molar-refractivity contribution in [1.29, 1.82) is 0 Å². The summed E-state index contributed by atoms with van der Waals surface area (Å²) >= 11 is 3.28. The van der Waals surface area contributed by atoms with E-state index in [0.717, 1.165) is 4.47 Å². The number of benzene rings is 1. The van der Waals surface area contributed by atoms with Crippen molar-refractivity contribution in [1.82, 2.24) is 5.32 Å². The molecule has 19 heavy (non-hydrogen) atoms. The van der Waals surface area contributed by atoms with Gasteiger partial charge >= 0.3 is 12.0 Å². The topological polar surface area (TPSA) is 87.7 Å². The zero-order chi connectivity index (χ0) is 14.4. The molecule has 0 unspecified atom stereocenters. The van der Waals surface area contributed by atoms with Gasteiger partial charge in [-0.2, -0.15) is 0 Å². The molecule has 1 aromatic carbocycles. The fourth-order valence-electron chi connectivity index (χ4n) is 1.43. The van der Waals surface area contributed by atoms with Crippen LogP contribution < -0.4 is 15.4 Å². The maximum atomic E-state index is 11.7. The average molecular weight is 331 g/mol. The second kappa shape index (κ2) is 6.98. The molecule has 2 amide bonds. The zero-order valence-electron chi connectivity index (χ0n) is 10.6. The number of carbonyl (C=O) groups excluding carboxylic acids is 1. The predicted molar refractivity (Wildman–Crippen MR) is 74.6 cm³/mol. The SMILES string of the molecule is CC[C@@H](NC(=O)Nc1cc(Br)ccc1OC)C(=O)O. The number of urea groups is 1. The van der Waals surface area contributed by atoms with Gasteiger partial charge in [-0.05, 0) is 24.6 Å². The molecule has 0 aliphatic carbocycles. The van der Waals surface area contributed by atoms with E-state index in [2.05, 4.69) is 26.6 Å². The van der Waals surface area contributed by atoms with Crippen LogP contribution in [0.4, 0.5) is 10.5 Å². The van der Waals surface area contributed by atoms with Crippen LogP contribution in [0.15, 0.2) is 22.7 Å². The zero-order valence-corrected chi connectivity index (χ0v) is 12.2. The summed E-state index contributed by atoms with van der Waals surface area (Å²) in [6, 6.07) is 3.62. The van der Waals surface area contributed by atoms with Gasteiger partial charge in [0.1, 0.15) is 11.8 Å². The van der Waals surface area contributed by atoms with Crippen molar-refractivity contribution in [3.05, 3.63) is 22.7 Å². The van der Waals surface area contributed by atoms with Gasteiger partial charge in [0.25, 0.3) is 0 Å². The normalized spacial score (nSPS) is 11.5. The molecular formula is C12H15BrN2O4. The standard InChI is InChI=1S/C12H15BrN2O4/c1-3-8(11(16)17)14-12(18)15-9-6-7(13)4-5-10(9)19-2/h4-6,8H,3H2,1-2H3,(H,16,17)(H2,14,15,18)/t8-/m1/s1. The molecule has 0 aromatic heterocycles. The molecule has 7 heteroatoms. The van der Waals surface area contributed by atoms with Crippen LogP contribution in [-0.2, 0) is 4.79 Å². The number of amides is 2. The lowest BCUT2D eigenvalue weighted by Gasteiger charge is -2.15. The van der Waals surface area contributed by atoms with Gasteiger partial charge in [0.15, 0.2) is 0 Å². The van der Waals surface area contributed by atoms with E-state index < -0.39 is 18.0 Å². The molecule has 3 N–H and O–H groups in total. The number of ether oxygens (including phenoxy) is 1. The van der Waals surface area contributed by atoms with Crippen molar-refractivity contribution in [3.63, 3.8) is 0 Å². The maximum absolute atomic E-state index is 11.7. The second-order valence-electron chi connectivity index (χ2n) is 3.74. The van der Waals surface area contributed by atoms with Gasteiger partial charge in [0.05, 0.1) is 12.8 Å². The summed E-state index contributed by atoms with van der Waals surface area (Å²) in [5.74, 6) is -0.583. The third kappa shape index (κ3) is 4.44. The van der Waals surface area contributed by atoms with E-state index in [0.29, 0.717) is 17.9 Å². The molecule has 1 aromatic rings. The summed E-state index contributed by atoms with van der Waals surface area (Å²) in [5, 5.41) is 13.8. The maximum Gasteiger partial charge on any atom is 0.326 e. The highest BCUT2D eigenvalue weighted by Gasteiger charge is 2.18. The molecule has 0 radical (unpaired) electrons. The Kier molecular flexibility index (Phi) is 5.62. The fourth-order valence-corrected chi connectivity index (χ4v) is 1.79. The monoisotopic (exact) mass is 330 g/mol. The number of rotatable bonds is 5. The third-order valence-electron chi connectivity index (χ3n) is 2.42. The third-order valence-corrected chi connectivity index (χ3v) is 2.91. The molecule has 0 aliphatic heterocycles. The number of methoxy groups -OCH3 is 1. The Morgan fingerprint density at radius 2 is 2.16 bits per heavy atom. The molecule has 0 spiro atoms. The average Bonchev–Trinajstić information content (AvgIpc) is 2.35. The van der Waals surface area contributed by atoms with Gasteiger partial charge in [0.2, 0.25) is 0 Å². The Morgan fingerprint density at radius 3 is 2.68 bits per heavy atom. The molecule has 0 heterocycles. The lowest BCUT2D eigenvalue weighted by molar-refractivity contribution is -0.139. The first kappa shape index (κ1) is 15.3. The summed E-state index contributed by atoms with van der Waals surface area (Å²) in [6.07, 6.45) is 0.304. The quantitative estimate of drug-likeness (QED) is 0.773. The summed E-state index contributed by atoms with van der Waals surface area (Å²) in [4.78, 5) is 22.5. The van der Waals surface area contributed by atoms with Gasteiger partial charge in [-0.1, -0.05) is 22.9 Å². The minimum atomic E-state index is -1.07. The number of aliphatic carboxylic acids is 1. The molecule has 0 bridgehead atoms. The molecule has 6 nitrogen and oxygen atoms in total. The van der Waals surface area contributed by atoms with E-state index in [4.69, 9.17) is 9.84 Å². The van der Waals surface area contributed by atoms with E-state index in [-0.39, 0.29) is 0 Å². The lowest BCUT2D eigenvalue weighted by Crippen LogP contribution is -2.42. The van der Waals surface area contributed by atoms with Crippen molar-refractivity contribution >= 4 is 33.6 Å². The first-order valence-corrected chi connectivity index (χ1v) is 6.41. The van der Waals surface area contributed by atoms with Crippen molar-refractivity contribution in [2.45, 2.75) is 19.4 Å². The Labute approximate surface area is 119 Å². The highest BCUT2D eigenvalue weighted by atomic mass is 79.9. The van der Waals surface area contributed by atoms with Crippen molar-refractivity contribution in [2.75, 3.05) is 12.4 Å². The Bertz CT molecular complexity index is 479. The number of carboxylic acid groups (broad SMARTS) is 1. The first-order valence-electron chi connectivity index (χ1n) is 5.61. The van der Waals surface area contributed by atoms with E-state index in [9.17, 15) is 9.59 Å². The largest absolute Gasteiger partial charge is 0.495 e. The van der Waals surface area contributed by atoms with Crippen LogP contribution >= 0.6 is 15.9 Å². The number of hydrogen-bond acceptors (Lipinski definition) is 3. The van der Waals surface area contributed by atoms with Crippen LogP contribution in [0, 0.1) is 0 Å². The number of carbonyl (C=O) groups is 2. The van der Waals surface area contributed by atoms with Crippen LogP contribution in [0.25, 0.3) is 0 Å². The number of hydrogen-bond donors (Lipinski definition) is 3. The summed E-state index contributed by atoms with van der Waals surface area (Å²) in [7, 11) is 1.48. The van der Waals surface area contributed by atoms with Gasteiger partial charge in [0, 0.05) is 4.47 Å². The fraction of sp³-hybridized carbons (Fsp3) is 0.333. The molecule has 0 saturated heterocycles. The molecular weight excluding hydrogens is 316 g/mol. The van der Waals surface area contributed by atoms with Gasteiger partial charge in [-0.25, -0.2) is 9.59 Å². The summed E-state index contributed by atoms with van der Waals surface area (Å²) < 4.78 is 5.87. The van der Waals surface area contributed by atoms with Crippen LogP contribution in [-0.4, -0.2) is 30.3 Å². The van der Waals surface area contributed by atoms with E-state index in [1.807, 2.05) is 0 Å². The van der Waals surface area contributed by atoms with Crippen LogP contribution in [0.3, 0.4) is 0 Å². The molecule has 0 fully saturated rings. The van der Waals surface area contributed by atoms with Gasteiger partial charge in [-0.15, -0.1) is 0 Å². The van der Waals surface area contributed by atoms with E-state index >= 15 is 0 Å². The van der Waals surface area contributed by atoms with Gasteiger partial charge < -0.3 is 20.5 Å². The molecule has 0 saturated carbocycles. The lowest BCUT2D eigenvalue weighted by atomic mass is 10.2. The van der Waals surface area contributed by atoms with Crippen molar-refractivity contribution in [2.24, 2.45) is 0 Å². The number of carboxylic acids is 1. The minimum absolute atomic E-state index is 0.304. The second-order valence-corrected chi connectivity index (χ2v) is 4.66. The number of halogens is 1. The molecule has 0 aliphatic rings. The highest BCUT2D eigenvalue weighted by Crippen LogP contribution is 2.27. The van der Waals surface area contributed by atoms with E-state index in [1.54, 1.807) is 25.1 Å². The predicted octanol–water partition coefficient (Wildman–Crippen LogP) is 2.44. The first-order chi connectivity index (χ1) is 8.97. The van der Waals surface area contributed by atoms with Crippen molar-refractivity contribution < 1.29 is 19.4 Å². The van der Waals surface area contributed by atoms with Gasteiger partial charge in [-0.3, -0.25) is 0 Å². The number of anilines is 1. The molecule has 1 atom stereocenters. The molecule has 104 valence electrons. The van der Waals surface area contributed by atoms with Crippen molar-refractivity contribution in [3.8, 4) is 5.75 Å². The highest BCUT2D eigenvalue weighted by molar-refractivity contribution is 9.10. The Morgan fingerprint density at radius 1 is 1.47 bits per heavy atom.